The van der Waals surface area contributed by atoms with Crippen LogP contribution in [0.2, 0.25) is 0 Å². The van der Waals surface area contributed by atoms with E-state index in [2.05, 4.69) is 4.72 Å². The molecule has 0 spiro atoms. The number of rotatable bonds is 7. The smallest absolute Gasteiger partial charge is 0.240 e. The molecule has 0 aliphatic heterocycles. The normalized spacial score (nSPS) is 14.5. The Balaban J connectivity index is 2.76. The van der Waals surface area contributed by atoms with Crippen molar-refractivity contribution < 1.29 is 13.5 Å². The number of nitrogens with zero attached hydrogens (tertiary/aromatic N) is 1. The number of nitrogens with one attached hydrogen (secondary N) is 1. The monoisotopic (exact) mass is 296 g/mol. The molecule has 6 heteroatoms. The van der Waals surface area contributed by atoms with E-state index in [9.17, 15) is 13.5 Å². The minimum absolute atomic E-state index is 0.0247. The fourth-order valence-electron chi connectivity index (χ4n) is 1.84. The number of hydrogen-bond acceptors (Lipinski definition) is 4. The second kappa shape index (κ2) is 6.84. The highest BCUT2D eigenvalue weighted by Crippen LogP contribution is 2.14. The van der Waals surface area contributed by atoms with E-state index in [0.29, 0.717) is 6.42 Å². The molecule has 1 aromatic rings. The molecule has 0 bridgehead atoms. The summed E-state index contributed by atoms with van der Waals surface area (Å²) in [4.78, 5) is 0.131. The molecule has 0 saturated carbocycles. The molecule has 0 aliphatic carbocycles. The van der Waals surface area contributed by atoms with E-state index in [1.165, 1.54) is 12.1 Å². The summed E-state index contributed by atoms with van der Waals surface area (Å²) in [5, 5.41) is 18.5. The Morgan fingerprint density at radius 1 is 1.35 bits per heavy atom. The van der Waals surface area contributed by atoms with Gasteiger partial charge < -0.3 is 5.11 Å². The van der Waals surface area contributed by atoms with Crippen LogP contribution in [0, 0.1) is 11.3 Å². The highest BCUT2D eigenvalue weighted by atomic mass is 32.2. The fraction of sp³-hybridized carbons (Fsp3) is 0.500. The second-order valence-electron chi connectivity index (χ2n) is 5.05. The van der Waals surface area contributed by atoms with Crippen molar-refractivity contribution in [2.45, 2.75) is 43.6 Å². The van der Waals surface area contributed by atoms with Crippen molar-refractivity contribution in [2.75, 3.05) is 6.54 Å². The molecule has 0 aliphatic rings. The number of hydrogen-bond donors (Lipinski definition) is 2. The van der Waals surface area contributed by atoms with E-state index < -0.39 is 15.6 Å². The summed E-state index contributed by atoms with van der Waals surface area (Å²) in [5.74, 6) is 0. The summed E-state index contributed by atoms with van der Waals surface area (Å²) in [6.07, 6.45) is 1.55. The van der Waals surface area contributed by atoms with Crippen LogP contribution in [0.4, 0.5) is 0 Å². The van der Waals surface area contributed by atoms with E-state index in [0.717, 1.165) is 12.0 Å². The highest BCUT2D eigenvalue weighted by molar-refractivity contribution is 7.89. The first-order valence-electron chi connectivity index (χ1n) is 6.49. The van der Waals surface area contributed by atoms with Crippen LogP contribution in [0.15, 0.2) is 29.2 Å². The van der Waals surface area contributed by atoms with Crippen molar-refractivity contribution in [3.8, 4) is 6.07 Å². The molecule has 1 rings (SSSR count). The van der Waals surface area contributed by atoms with Gasteiger partial charge in [0.25, 0.3) is 0 Å². The third-order valence-corrected chi connectivity index (χ3v) is 4.37. The van der Waals surface area contributed by atoms with Gasteiger partial charge >= 0.3 is 0 Å². The first-order valence-corrected chi connectivity index (χ1v) is 7.97. The minimum atomic E-state index is -3.64. The molecular weight excluding hydrogens is 276 g/mol. The number of benzene rings is 1. The maximum atomic E-state index is 12.1. The summed E-state index contributed by atoms with van der Waals surface area (Å²) >= 11 is 0. The van der Waals surface area contributed by atoms with Crippen LogP contribution in [0.3, 0.4) is 0 Å². The Hall–Kier alpha value is -1.42. The third-order valence-electron chi connectivity index (χ3n) is 2.95. The highest BCUT2D eigenvalue weighted by Gasteiger charge is 2.23. The average molecular weight is 296 g/mol. The summed E-state index contributed by atoms with van der Waals surface area (Å²) in [5.41, 5.74) is -0.285. The molecule has 0 radical (unpaired) electrons. The van der Waals surface area contributed by atoms with Crippen LogP contribution in [0.1, 0.15) is 32.3 Å². The number of aliphatic hydroxyl groups is 1. The Kier molecular flexibility index (Phi) is 5.69. The topological polar surface area (TPSA) is 90.2 Å². The summed E-state index contributed by atoms with van der Waals surface area (Å²) in [6, 6.07) is 8.15. The Morgan fingerprint density at radius 2 is 1.95 bits per heavy atom. The van der Waals surface area contributed by atoms with Gasteiger partial charge in [0.15, 0.2) is 0 Å². The molecule has 1 aromatic carbocycles. The molecule has 0 saturated heterocycles. The van der Waals surface area contributed by atoms with Gasteiger partial charge in [-0.1, -0.05) is 25.5 Å². The van der Waals surface area contributed by atoms with Crippen molar-refractivity contribution in [1.29, 1.82) is 5.26 Å². The van der Waals surface area contributed by atoms with E-state index >= 15 is 0 Å². The molecule has 20 heavy (non-hydrogen) atoms. The van der Waals surface area contributed by atoms with Gasteiger partial charge in [-0.2, -0.15) is 5.26 Å². The Bertz CT molecular complexity index is 571. The second-order valence-corrected chi connectivity index (χ2v) is 6.82. The molecule has 110 valence electrons. The minimum Gasteiger partial charge on any atom is -0.389 e. The first-order chi connectivity index (χ1) is 9.30. The molecule has 0 aromatic heterocycles. The van der Waals surface area contributed by atoms with Gasteiger partial charge in [-0.15, -0.1) is 0 Å². The molecule has 0 fully saturated rings. The van der Waals surface area contributed by atoms with Crippen molar-refractivity contribution in [2.24, 2.45) is 0 Å². The third kappa shape index (κ3) is 4.93. The van der Waals surface area contributed by atoms with Crippen LogP contribution in [-0.4, -0.2) is 25.7 Å². The lowest BCUT2D eigenvalue weighted by atomic mass is 10.0. The van der Waals surface area contributed by atoms with Crippen LogP contribution >= 0.6 is 0 Å². The lowest BCUT2D eigenvalue weighted by Gasteiger charge is -2.22. The zero-order valence-electron chi connectivity index (χ0n) is 11.8. The number of nitriles is 1. The summed E-state index contributed by atoms with van der Waals surface area (Å²) in [7, 11) is -3.64. The molecule has 1 atom stereocenters. The van der Waals surface area contributed by atoms with Gasteiger partial charge in [-0.05, 0) is 31.0 Å². The van der Waals surface area contributed by atoms with Crippen LogP contribution in [-0.2, 0) is 16.4 Å². The quantitative estimate of drug-likeness (QED) is 0.799. The van der Waals surface area contributed by atoms with Crippen molar-refractivity contribution in [3.05, 3.63) is 29.8 Å². The average Bonchev–Trinajstić information content (AvgIpc) is 2.38. The maximum absolute atomic E-state index is 12.1. The Morgan fingerprint density at radius 3 is 2.45 bits per heavy atom. The zero-order chi connectivity index (χ0) is 15.2. The van der Waals surface area contributed by atoms with Gasteiger partial charge in [0.1, 0.15) is 0 Å². The van der Waals surface area contributed by atoms with Gasteiger partial charge in [-0.25, -0.2) is 13.1 Å². The Labute approximate surface area is 120 Å². The van der Waals surface area contributed by atoms with E-state index in [4.69, 9.17) is 5.26 Å². The summed E-state index contributed by atoms with van der Waals surface area (Å²) < 4.78 is 26.5. The standard InChI is InChI=1S/C14H20N2O3S/c1-3-9-14(2,17)11-16-20(18,19)13-6-4-12(5-7-13)8-10-15/h4-7,16-17H,3,8-9,11H2,1-2H3. The summed E-state index contributed by atoms with van der Waals surface area (Å²) in [6.45, 7) is 3.51. The van der Waals surface area contributed by atoms with Crippen molar-refractivity contribution in [1.82, 2.24) is 4.72 Å². The molecule has 2 N–H and O–H groups in total. The largest absolute Gasteiger partial charge is 0.389 e. The van der Waals surface area contributed by atoms with Crippen molar-refractivity contribution >= 4 is 10.0 Å². The van der Waals surface area contributed by atoms with Crippen LogP contribution < -0.4 is 4.72 Å². The van der Waals surface area contributed by atoms with Crippen LogP contribution in [0.5, 0.6) is 0 Å². The van der Waals surface area contributed by atoms with E-state index in [1.54, 1.807) is 19.1 Å². The predicted molar refractivity (Wildman–Crippen MR) is 76.5 cm³/mol. The predicted octanol–water partition coefficient (Wildman–Crippen LogP) is 1.58. The van der Waals surface area contributed by atoms with E-state index in [1.807, 2.05) is 13.0 Å². The fourth-order valence-corrected chi connectivity index (χ4v) is 3.00. The molecule has 0 heterocycles. The maximum Gasteiger partial charge on any atom is 0.240 e. The van der Waals surface area contributed by atoms with Gasteiger partial charge in [0.05, 0.1) is 23.0 Å². The molecular formula is C14H20N2O3S. The number of sulfonamides is 1. The van der Waals surface area contributed by atoms with E-state index in [-0.39, 0.29) is 17.9 Å². The first kappa shape index (κ1) is 16.6. The molecule has 5 nitrogen and oxygen atoms in total. The van der Waals surface area contributed by atoms with Crippen LogP contribution in [0.25, 0.3) is 0 Å². The zero-order valence-corrected chi connectivity index (χ0v) is 12.6. The molecule has 0 amide bonds. The molecule has 1 unspecified atom stereocenters. The SMILES string of the molecule is CCCC(C)(O)CNS(=O)(=O)c1ccc(CC#N)cc1. The van der Waals surface area contributed by atoms with Crippen molar-refractivity contribution in [3.63, 3.8) is 0 Å². The lowest BCUT2D eigenvalue weighted by molar-refractivity contribution is 0.0554. The van der Waals surface area contributed by atoms with Gasteiger partial charge in [0, 0.05) is 6.54 Å². The van der Waals surface area contributed by atoms with Gasteiger partial charge in [0.2, 0.25) is 10.0 Å². The lowest BCUT2D eigenvalue weighted by Crippen LogP contribution is -2.40. The van der Waals surface area contributed by atoms with Gasteiger partial charge in [-0.3, -0.25) is 0 Å².